The molecule has 0 saturated heterocycles. The number of hydrogen-bond acceptors (Lipinski definition) is 3. The number of benzene rings is 1. The van der Waals surface area contributed by atoms with Gasteiger partial charge in [0.05, 0.1) is 11.7 Å². The Kier molecular flexibility index (Phi) is 6.00. The normalized spacial score (nSPS) is 13.2. The Morgan fingerprint density at radius 1 is 1.32 bits per heavy atom. The van der Waals surface area contributed by atoms with E-state index < -0.39 is 21.7 Å². The van der Waals surface area contributed by atoms with Gasteiger partial charge in [0, 0.05) is 10.2 Å². The van der Waals surface area contributed by atoms with Crippen LogP contribution in [0.25, 0.3) is 0 Å². The molecule has 1 N–H and O–H groups in total. The second-order valence-electron chi connectivity index (χ2n) is 4.35. The molecule has 0 radical (unpaired) electrons. The third-order valence-electron chi connectivity index (χ3n) is 2.81. The molecule has 0 aliphatic rings. The molecular formula is C13H17BrO4S. The highest BCUT2D eigenvalue weighted by Gasteiger charge is 2.24. The molecule has 1 aromatic rings. The van der Waals surface area contributed by atoms with E-state index in [9.17, 15) is 18.3 Å². The van der Waals surface area contributed by atoms with Gasteiger partial charge in [0.2, 0.25) is 0 Å². The van der Waals surface area contributed by atoms with E-state index in [-0.39, 0.29) is 17.9 Å². The second-order valence-corrected chi connectivity index (χ2v) is 7.51. The standard InChI is InChI=1S/C13H17BrO4S/c1-2-8-19(17,18)9-7-11(13(15)16)10-5-3-4-6-12(10)14/h3-6,11H,2,7-9H2,1H3,(H,15,16). The highest BCUT2D eigenvalue weighted by atomic mass is 79.9. The van der Waals surface area contributed by atoms with Crippen LogP contribution in [0.4, 0.5) is 0 Å². The zero-order valence-electron chi connectivity index (χ0n) is 10.7. The second kappa shape index (κ2) is 7.05. The summed E-state index contributed by atoms with van der Waals surface area (Å²) in [5.41, 5.74) is 0.613. The average Bonchev–Trinajstić information content (AvgIpc) is 2.31. The number of rotatable bonds is 7. The van der Waals surface area contributed by atoms with E-state index in [0.29, 0.717) is 16.5 Å². The molecule has 6 heteroatoms. The van der Waals surface area contributed by atoms with Gasteiger partial charge < -0.3 is 5.11 Å². The Bertz CT molecular complexity index is 539. The molecule has 106 valence electrons. The fourth-order valence-corrected chi connectivity index (χ4v) is 3.86. The fourth-order valence-electron chi connectivity index (χ4n) is 1.88. The number of aliphatic carboxylic acids is 1. The quantitative estimate of drug-likeness (QED) is 0.822. The van der Waals surface area contributed by atoms with Gasteiger partial charge in [-0.15, -0.1) is 0 Å². The summed E-state index contributed by atoms with van der Waals surface area (Å²) in [6.45, 7) is 1.79. The van der Waals surface area contributed by atoms with Gasteiger partial charge in [0.1, 0.15) is 9.84 Å². The van der Waals surface area contributed by atoms with E-state index in [0.717, 1.165) is 0 Å². The van der Waals surface area contributed by atoms with Crippen LogP contribution in [-0.2, 0) is 14.6 Å². The zero-order valence-corrected chi connectivity index (χ0v) is 13.1. The summed E-state index contributed by atoms with van der Waals surface area (Å²) in [6, 6.07) is 7.00. The van der Waals surface area contributed by atoms with Crippen LogP contribution in [0, 0.1) is 0 Å². The van der Waals surface area contributed by atoms with Gasteiger partial charge in [0.25, 0.3) is 0 Å². The molecule has 19 heavy (non-hydrogen) atoms. The monoisotopic (exact) mass is 348 g/mol. The smallest absolute Gasteiger partial charge is 0.311 e. The van der Waals surface area contributed by atoms with Crippen molar-refractivity contribution in [1.82, 2.24) is 0 Å². The maximum absolute atomic E-state index is 11.7. The van der Waals surface area contributed by atoms with Crippen LogP contribution in [0.3, 0.4) is 0 Å². The van der Waals surface area contributed by atoms with Crippen LogP contribution in [0.1, 0.15) is 31.2 Å². The molecule has 0 fully saturated rings. The van der Waals surface area contributed by atoms with E-state index in [1.165, 1.54) is 0 Å². The Balaban J connectivity index is 2.87. The van der Waals surface area contributed by atoms with E-state index in [1.54, 1.807) is 31.2 Å². The summed E-state index contributed by atoms with van der Waals surface area (Å²) in [7, 11) is -3.16. The topological polar surface area (TPSA) is 71.4 Å². The third kappa shape index (κ3) is 4.95. The number of sulfone groups is 1. The Labute approximate surface area is 121 Å². The Hall–Kier alpha value is -0.880. The van der Waals surface area contributed by atoms with Crippen LogP contribution >= 0.6 is 15.9 Å². The minimum atomic E-state index is -3.16. The van der Waals surface area contributed by atoms with Gasteiger partial charge in [-0.1, -0.05) is 41.1 Å². The van der Waals surface area contributed by atoms with E-state index in [4.69, 9.17) is 0 Å². The highest BCUT2D eigenvalue weighted by molar-refractivity contribution is 9.10. The van der Waals surface area contributed by atoms with Crippen LogP contribution in [0.2, 0.25) is 0 Å². The number of hydrogen-bond donors (Lipinski definition) is 1. The van der Waals surface area contributed by atoms with Crippen molar-refractivity contribution in [3.05, 3.63) is 34.3 Å². The third-order valence-corrected chi connectivity index (χ3v) is 5.42. The van der Waals surface area contributed by atoms with E-state index in [2.05, 4.69) is 15.9 Å². The first-order valence-electron chi connectivity index (χ1n) is 6.05. The van der Waals surface area contributed by atoms with Gasteiger partial charge in [-0.05, 0) is 24.5 Å². The van der Waals surface area contributed by atoms with Crippen LogP contribution in [0.15, 0.2) is 28.7 Å². The van der Waals surface area contributed by atoms with Gasteiger partial charge in [-0.3, -0.25) is 4.79 Å². The fraction of sp³-hybridized carbons (Fsp3) is 0.462. The lowest BCUT2D eigenvalue weighted by molar-refractivity contribution is -0.138. The zero-order chi connectivity index (χ0) is 14.5. The summed E-state index contributed by atoms with van der Waals surface area (Å²) < 4.78 is 24.0. The van der Waals surface area contributed by atoms with Crippen molar-refractivity contribution in [1.29, 1.82) is 0 Å². The summed E-state index contributed by atoms with van der Waals surface area (Å²) >= 11 is 3.30. The SMILES string of the molecule is CCCS(=O)(=O)CCC(C(=O)O)c1ccccc1Br. The first-order chi connectivity index (χ1) is 8.87. The van der Waals surface area contributed by atoms with Gasteiger partial charge in [-0.25, -0.2) is 8.42 Å². The summed E-state index contributed by atoms with van der Waals surface area (Å²) in [6.07, 6.45) is 0.648. The van der Waals surface area contributed by atoms with Crippen LogP contribution in [-0.4, -0.2) is 31.0 Å². The molecule has 0 aliphatic heterocycles. The number of carboxylic acids is 1. The molecule has 0 aliphatic carbocycles. The van der Waals surface area contributed by atoms with Crippen molar-refractivity contribution in [2.75, 3.05) is 11.5 Å². The molecule has 1 atom stereocenters. The van der Waals surface area contributed by atoms with Gasteiger partial charge in [-0.2, -0.15) is 0 Å². The molecule has 0 spiro atoms. The molecule has 1 unspecified atom stereocenters. The van der Waals surface area contributed by atoms with Crippen molar-refractivity contribution in [2.45, 2.75) is 25.7 Å². The first kappa shape index (κ1) is 16.2. The van der Waals surface area contributed by atoms with Crippen molar-refractivity contribution in [3.8, 4) is 0 Å². The van der Waals surface area contributed by atoms with Crippen LogP contribution in [0.5, 0.6) is 0 Å². The summed E-state index contributed by atoms with van der Waals surface area (Å²) in [5, 5.41) is 9.26. The number of halogens is 1. The lowest BCUT2D eigenvalue weighted by Crippen LogP contribution is -2.18. The molecule has 0 saturated carbocycles. The summed E-state index contributed by atoms with van der Waals surface area (Å²) in [4.78, 5) is 11.3. The predicted octanol–water partition coefficient (Wildman–Crippen LogP) is 2.83. The van der Waals surface area contributed by atoms with Crippen molar-refractivity contribution in [3.63, 3.8) is 0 Å². The van der Waals surface area contributed by atoms with Crippen molar-refractivity contribution < 1.29 is 18.3 Å². The molecule has 0 amide bonds. The molecule has 4 nitrogen and oxygen atoms in total. The molecule has 0 heterocycles. The van der Waals surface area contributed by atoms with Crippen molar-refractivity contribution >= 4 is 31.7 Å². The molecule has 1 rings (SSSR count). The average molecular weight is 349 g/mol. The first-order valence-corrected chi connectivity index (χ1v) is 8.66. The minimum absolute atomic E-state index is 0.0975. The van der Waals surface area contributed by atoms with Crippen molar-refractivity contribution in [2.24, 2.45) is 0 Å². The highest BCUT2D eigenvalue weighted by Crippen LogP contribution is 2.28. The molecule has 1 aromatic carbocycles. The van der Waals surface area contributed by atoms with Gasteiger partial charge in [0.15, 0.2) is 0 Å². The molecule has 0 bridgehead atoms. The maximum atomic E-state index is 11.7. The Morgan fingerprint density at radius 3 is 2.47 bits per heavy atom. The maximum Gasteiger partial charge on any atom is 0.311 e. The lowest BCUT2D eigenvalue weighted by Gasteiger charge is -2.14. The number of carboxylic acid groups (broad SMARTS) is 1. The summed E-state index contributed by atoms with van der Waals surface area (Å²) in [5.74, 6) is -1.80. The predicted molar refractivity (Wildman–Crippen MR) is 78.1 cm³/mol. The van der Waals surface area contributed by atoms with E-state index >= 15 is 0 Å². The van der Waals surface area contributed by atoms with Gasteiger partial charge >= 0.3 is 5.97 Å². The minimum Gasteiger partial charge on any atom is -0.481 e. The lowest BCUT2D eigenvalue weighted by atomic mass is 9.97. The van der Waals surface area contributed by atoms with E-state index in [1.807, 2.05) is 0 Å². The largest absolute Gasteiger partial charge is 0.481 e. The molecule has 0 aromatic heterocycles. The number of carbonyl (C=O) groups is 1. The molecular weight excluding hydrogens is 332 g/mol. The van der Waals surface area contributed by atoms with Crippen LogP contribution < -0.4 is 0 Å². The Morgan fingerprint density at radius 2 is 1.95 bits per heavy atom.